The molecular formula is C22H24N2O2. The third kappa shape index (κ3) is 3.43. The number of likely N-dealkylation sites (N-methyl/N-ethyl adjacent to an activating group) is 1. The maximum Gasteiger partial charge on any atom is 0.168 e. The number of furan rings is 1. The highest BCUT2D eigenvalue weighted by Gasteiger charge is 2.22. The van der Waals surface area contributed by atoms with Gasteiger partial charge in [0.25, 0.3) is 0 Å². The van der Waals surface area contributed by atoms with Crippen LogP contribution in [0.3, 0.4) is 0 Å². The number of hydrogen-bond donors (Lipinski definition) is 0. The first-order valence-electron chi connectivity index (χ1n) is 9.23. The van der Waals surface area contributed by atoms with Crippen LogP contribution in [-0.2, 0) is 0 Å². The molecule has 0 unspecified atom stereocenters. The first-order chi connectivity index (χ1) is 12.7. The molecule has 1 aromatic heterocycles. The number of hydrogen-bond acceptors (Lipinski definition) is 4. The molecule has 26 heavy (non-hydrogen) atoms. The van der Waals surface area contributed by atoms with Gasteiger partial charge in [0.15, 0.2) is 5.78 Å². The molecule has 0 bridgehead atoms. The fourth-order valence-electron chi connectivity index (χ4n) is 3.57. The molecule has 2 heterocycles. The molecule has 134 valence electrons. The Morgan fingerprint density at radius 1 is 0.962 bits per heavy atom. The van der Waals surface area contributed by atoms with E-state index in [1.54, 1.807) is 0 Å². The first kappa shape index (κ1) is 17.0. The summed E-state index contributed by atoms with van der Waals surface area (Å²) in [6.07, 6.45) is 0.521. The second-order valence-electron chi connectivity index (χ2n) is 6.99. The first-order valence-corrected chi connectivity index (χ1v) is 9.23. The zero-order chi connectivity index (χ0) is 17.9. The van der Waals surface area contributed by atoms with E-state index in [9.17, 15) is 4.79 Å². The lowest BCUT2D eigenvalue weighted by atomic mass is 10.00. The highest BCUT2D eigenvalue weighted by atomic mass is 16.3. The zero-order valence-electron chi connectivity index (χ0n) is 15.1. The summed E-state index contributed by atoms with van der Waals surface area (Å²) in [5, 5.41) is 0.912. The second-order valence-corrected chi connectivity index (χ2v) is 6.99. The molecule has 0 atom stereocenters. The molecule has 0 aliphatic carbocycles. The van der Waals surface area contributed by atoms with Crippen molar-refractivity contribution >= 4 is 16.8 Å². The number of rotatable bonds is 5. The fraction of sp³-hybridized carbons (Fsp3) is 0.318. The Labute approximate surface area is 154 Å². The van der Waals surface area contributed by atoms with Crippen LogP contribution in [0.15, 0.2) is 59.0 Å². The maximum atomic E-state index is 13.1. The standard InChI is InChI=1S/C22H24N2O2/c1-23-13-15-24(16-14-23)12-11-19(25)21-18-9-5-6-10-20(18)26-22(21)17-7-3-2-4-8-17/h2-10H,11-16H2,1H3. The summed E-state index contributed by atoms with van der Waals surface area (Å²) >= 11 is 0. The Morgan fingerprint density at radius 3 is 2.42 bits per heavy atom. The number of carbonyl (C=O) groups excluding carboxylic acids is 1. The van der Waals surface area contributed by atoms with Crippen LogP contribution in [0.2, 0.25) is 0 Å². The van der Waals surface area contributed by atoms with Crippen LogP contribution in [0.4, 0.5) is 0 Å². The lowest BCUT2D eigenvalue weighted by molar-refractivity contribution is 0.0943. The molecule has 4 heteroatoms. The van der Waals surface area contributed by atoms with Gasteiger partial charge >= 0.3 is 0 Å². The second kappa shape index (κ2) is 7.44. The number of carbonyl (C=O) groups is 1. The molecule has 1 aliphatic heterocycles. The van der Waals surface area contributed by atoms with E-state index in [1.807, 2.05) is 54.6 Å². The predicted molar refractivity (Wildman–Crippen MR) is 105 cm³/mol. The zero-order valence-corrected chi connectivity index (χ0v) is 15.1. The molecule has 0 spiro atoms. The van der Waals surface area contributed by atoms with Gasteiger partial charge < -0.3 is 14.2 Å². The van der Waals surface area contributed by atoms with Crippen molar-refractivity contribution in [2.45, 2.75) is 6.42 Å². The van der Waals surface area contributed by atoms with E-state index in [0.29, 0.717) is 12.2 Å². The number of ketones is 1. The molecule has 1 fully saturated rings. The lowest BCUT2D eigenvalue weighted by Gasteiger charge is -2.32. The number of fused-ring (bicyclic) bond motifs is 1. The van der Waals surface area contributed by atoms with Crippen LogP contribution in [0.1, 0.15) is 16.8 Å². The average Bonchev–Trinajstić information content (AvgIpc) is 3.08. The number of Topliss-reactive ketones (excluding diaryl/α,β-unsaturated/α-hetero) is 1. The van der Waals surface area contributed by atoms with Crippen LogP contribution < -0.4 is 0 Å². The van der Waals surface area contributed by atoms with Crippen molar-refractivity contribution in [3.05, 3.63) is 60.2 Å². The van der Waals surface area contributed by atoms with Gasteiger partial charge in [-0.3, -0.25) is 4.79 Å². The minimum absolute atomic E-state index is 0.160. The molecule has 0 saturated carbocycles. The van der Waals surface area contributed by atoms with Crippen LogP contribution in [0, 0.1) is 0 Å². The summed E-state index contributed by atoms with van der Waals surface area (Å²) in [4.78, 5) is 17.8. The van der Waals surface area contributed by atoms with Gasteiger partial charge in [0.05, 0.1) is 5.56 Å². The number of benzene rings is 2. The molecule has 1 aliphatic rings. The molecular weight excluding hydrogens is 324 g/mol. The van der Waals surface area contributed by atoms with Gasteiger partial charge in [-0.05, 0) is 13.1 Å². The van der Waals surface area contributed by atoms with Crippen molar-refractivity contribution in [1.82, 2.24) is 9.80 Å². The third-order valence-electron chi connectivity index (χ3n) is 5.16. The largest absolute Gasteiger partial charge is 0.455 e. The van der Waals surface area contributed by atoms with Gasteiger partial charge in [0.2, 0.25) is 0 Å². The van der Waals surface area contributed by atoms with Crippen LogP contribution in [0.5, 0.6) is 0 Å². The summed E-state index contributed by atoms with van der Waals surface area (Å²) in [5.41, 5.74) is 2.45. The third-order valence-corrected chi connectivity index (χ3v) is 5.16. The van der Waals surface area contributed by atoms with Gasteiger partial charge in [-0.2, -0.15) is 0 Å². The van der Waals surface area contributed by atoms with Crippen LogP contribution >= 0.6 is 0 Å². The van der Waals surface area contributed by atoms with E-state index in [4.69, 9.17) is 4.42 Å². The van der Waals surface area contributed by atoms with Gasteiger partial charge in [0.1, 0.15) is 11.3 Å². The van der Waals surface area contributed by atoms with Crippen molar-refractivity contribution in [3.63, 3.8) is 0 Å². The minimum atomic E-state index is 0.160. The smallest absolute Gasteiger partial charge is 0.168 e. The highest BCUT2D eigenvalue weighted by molar-refractivity contribution is 6.12. The van der Waals surface area contributed by atoms with Crippen LogP contribution in [0.25, 0.3) is 22.3 Å². The Morgan fingerprint density at radius 2 is 1.65 bits per heavy atom. The SMILES string of the molecule is CN1CCN(CCC(=O)c2c(-c3ccccc3)oc3ccccc23)CC1. The Hall–Kier alpha value is -2.43. The van der Waals surface area contributed by atoms with Crippen molar-refractivity contribution in [2.24, 2.45) is 0 Å². The van der Waals surface area contributed by atoms with Crippen molar-refractivity contribution in [1.29, 1.82) is 0 Å². The van der Waals surface area contributed by atoms with E-state index in [2.05, 4.69) is 16.8 Å². The van der Waals surface area contributed by atoms with Gasteiger partial charge in [-0.15, -0.1) is 0 Å². The van der Waals surface area contributed by atoms with Crippen molar-refractivity contribution in [2.75, 3.05) is 39.8 Å². The molecule has 0 radical (unpaired) electrons. The highest BCUT2D eigenvalue weighted by Crippen LogP contribution is 2.34. The van der Waals surface area contributed by atoms with E-state index in [1.165, 1.54) is 0 Å². The summed E-state index contributed by atoms with van der Waals surface area (Å²) in [6.45, 7) is 5.00. The molecule has 0 amide bonds. The molecule has 4 nitrogen and oxygen atoms in total. The number of piperazine rings is 1. The van der Waals surface area contributed by atoms with Gasteiger partial charge in [0, 0.05) is 50.1 Å². The van der Waals surface area contributed by atoms with Gasteiger partial charge in [-0.25, -0.2) is 0 Å². The summed E-state index contributed by atoms with van der Waals surface area (Å²) in [7, 11) is 2.15. The fourth-order valence-corrected chi connectivity index (χ4v) is 3.57. The quantitative estimate of drug-likeness (QED) is 0.655. The normalized spacial score (nSPS) is 16.2. The van der Waals surface area contributed by atoms with Crippen molar-refractivity contribution < 1.29 is 9.21 Å². The predicted octanol–water partition coefficient (Wildman–Crippen LogP) is 3.92. The van der Waals surface area contributed by atoms with Gasteiger partial charge in [-0.1, -0.05) is 48.5 Å². The number of para-hydroxylation sites is 1. The van der Waals surface area contributed by atoms with E-state index >= 15 is 0 Å². The Kier molecular flexibility index (Phi) is 4.87. The molecule has 1 saturated heterocycles. The monoisotopic (exact) mass is 348 g/mol. The van der Waals surface area contributed by atoms with Crippen molar-refractivity contribution in [3.8, 4) is 11.3 Å². The average molecular weight is 348 g/mol. The molecule has 4 rings (SSSR count). The summed E-state index contributed by atoms with van der Waals surface area (Å²) < 4.78 is 6.07. The maximum absolute atomic E-state index is 13.1. The van der Waals surface area contributed by atoms with E-state index < -0.39 is 0 Å². The molecule has 2 aromatic carbocycles. The van der Waals surface area contributed by atoms with Crippen LogP contribution in [-0.4, -0.2) is 55.4 Å². The lowest BCUT2D eigenvalue weighted by Crippen LogP contribution is -2.45. The number of nitrogens with zero attached hydrogens (tertiary/aromatic N) is 2. The van der Waals surface area contributed by atoms with E-state index in [0.717, 1.165) is 54.8 Å². The molecule has 0 N–H and O–H groups in total. The summed E-state index contributed by atoms with van der Waals surface area (Å²) in [5.74, 6) is 0.850. The summed E-state index contributed by atoms with van der Waals surface area (Å²) in [6, 6.07) is 17.7. The molecule has 3 aromatic rings. The topological polar surface area (TPSA) is 36.7 Å². The van der Waals surface area contributed by atoms with E-state index in [-0.39, 0.29) is 5.78 Å². The Balaban J connectivity index is 1.61. The minimum Gasteiger partial charge on any atom is -0.455 e. The Bertz CT molecular complexity index is 893.